The third kappa shape index (κ3) is 1.24. The zero-order valence-corrected chi connectivity index (χ0v) is 10.2. The molecule has 1 unspecified atom stereocenters. The summed E-state index contributed by atoms with van der Waals surface area (Å²) < 4.78 is 0. The maximum Gasteiger partial charge on any atom is 0.158 e. The number of dihydropyridines is 1. The van der Waals surface area contributed by atoms with Gasteiger partial charge in [0.05, 0.1) is 17.0 Å². The molecule has 2 N–H and O–H groups in total. The van der Waals surface area contributed by atoms with Crippen molar-refractivity contribution in [3.05, 3.63) is 46.1 Å². The van der Waals surface area contributed by atoms with E-state index >= 15 is 0 Å². The first kappa shape index (κ1) is 10.1. The number of nitrogens with two attached hydrogens (primary N) is 1. The van der Waals surface area contributed by atoms with Gasteiger partial charge in [-0.25, -0.2) is 4.99 Å². The van der Waals surface area contributed by atoms with Crippen LogP contribution in [0.15, 0.2) is 45.5 Å². The Hall–Kier alpha value is -1.90. The number of fused-ring (bicyclic) bond motifs is 3. The van der Waals surface area contributed by atoms with E-state index in [2.05, 4.69) is 11.1 Å². The molecule has 0 spiro atoms. The number of hydrogen-bond acceptors (Lipinski definition) is 3. The van der Waals surface area contributed by atoms with Crippen LogP contribution < -0.4 is 16.3 Å². The van der Waals surface area contributed by atoms with E-state index < -0.39 is 0 Å². The maximum absolute atomic E-state index is 6.39. The molecule has 2 aliphatic heterocycles. The minimum atomic E-state index is 0.288. The molecule has 1 aromatic rings. The van der Waals surface area contributed by atoms with Crippen LogP contribution >= 0.6 is 0 Å². The number of para-hydroxylation sites is 1. The second kappa shape index (κ2) is 3.55. The van der Waals surface area contributed by atoms with Crippen LogP contribution in [0.3, 0.4) is 0 Å². The summed E-state index contributed by atoms with van der Waals surface area (Å²) in [5.41, 5.74) is 9.74. The first-order valence-corrected chi connectivity index (χ1v) is 6.60. The lowest BCUT2D eigenvalue weighted by Crippen LogP contribution is -2.29. The highest BCUT2D eigenvalue weighted by Gasteiger charge is 2.30. The number of nitrogens with zero attached hydrogens (tertiary/aromatic N) is 2. The Labute approximate surface area is 105 Å². The summed E-state index contributed by atoms with van der Waals surface area (Å²) in [6, 6.07) is 8.46. The normalized spacial score (nSPS) is 25.0. The molecule has 1 fully saturated rings. The van der Waals surface area contributed by atoms with Gasteiger partial charge in [-0.1, -0.05) is 24.6 Å². The second-order valence-corrected chi connectivity index (χ2v) is 5.16. The van der Waals surface area contributed by atoms with Crippen LogP contribution in [-0.2, 0) is 0 Å². The van der Waals surface area contributed by atoms with Crippen LogP contribution in [-0.4, -0.2) is 11.9 Å². The predicted molar refractivity (Wildman–Crippen MR) is 71.5 cm³/mol. The van der Waals surface area contributed by atoms with E-state index in [9.17, 15) is 0 Å². The van der Waals surface area contributed by atoms with Crippen molar-refractivity contribution in [3.63, 3.8) is 0 Å². The van der Waals surface area contributed by atoms with Gasteiger partial charge >= 0.3 is 0 Å². The topological polar surface area (TPSA) is 50.7 Å². The van der Waals surface area contributed by atoms with Gasteiger partial charge < -0.3 is 5.73 Å². The molecule has 3 heteroatoms. The minimum absolute atomic E-state index is 0.288. The third-order valence-corrected chi connectivity index (χ3v) is 4.09. The van der Waals surface area contributed by atoms with Gasteiger partial charge in [-0.2, -0.15) is 0 Å². The minimum Gasteiger partial charge on any atom is -0.398 e. The van der Waals surface area contributed by atoms with Crippen LogP contribution in [0.2, 0.25) is 0 Å². The fourth-order valence-corrected chi connectivity index (χ4v) is 3.19. The Balaban J connectivity index is 2.04. The number of rotatable bonds is 0. The average molecular weight is 237 g/mol. The van der Waals surface area contributed by atoms with Crippen molar-refractivity contribution in [2.24, 2.45) is 15.7 Å². The molecule has 3 nitrogen and oxygen atoms in total. The van der Waals surface area contributed by atoms with Crippen molar-refractivity contribution in [1.29, 1.82) is 0 Å². The van der Waals surface area contributed by atoms with E-state index in [1.165, 1.54) is 18.4 Å². The summed E-state index contributed by atoms with van der Waals surface area (Å²) in [5, 5.41) is 2.15. The molecule has 1 aliphatic carbocycles. The lowest BCUT2D eigenvalue weighted by molar-refractivity contribution is 0.531. The summed E-state index contributed by atoms with van der Waals surface area (Å²) in [5.74, 6) is 0.851. The van der Waals surface area contributed by atoms with Crippen molar-refractivity contribution in [3.8, 4) is 0 Å². The van der Waals surface area contributed by atoms with Crippen molar-refractivity contribution >= 4 is 11.4 Å². The maximum atomic E-state index is 6.39. The zero-order valence-electron chi connectivity index (χ0n) is 10.2. The summed E-state index contributed by atoms with van der Waals surface area (Å²) in [6.07, 6.45) is 4.71. The molecule has 2 heterocycles. The Kier molecular flexibility index (Phi) is 1.98. The highest BCUT2D eigenvalue weighted by atomic mass is 15.0. The van der Waals surface area contributed by atoms with E-state index in [0.29, 0.717) is 0 Å². The smallest absolute Gasteiger partial charge is 0.158 e. The Bertz CT molecular complexity index is 709. The highest BCUT2D eigenvalue weighted by molar-refractivity contribution is 6.24. The predicted octanol–water partition coefficient (Wildman–Crippen LogP) is 1.04. The van der Waals surface area contributed by atoms with Crippen LogP contribution in [0, 0.1) is 0 Å². The summed E-state index contributed by atoms with van der Waals surface area (Å²) in [7, 11) is 0. The van der Waals surface area contributed by atoms with Crippen molar-refractivity contribution in [1.82, 2.24) is 0 Å². The Morgan fingerprint density at radius 2 is 2.06 bits per heavy atom. The average Bonchev–Trinajstić information content (AvgIpc) is 2.77. The van der Waals surface area contributed by atoms with Gasteiger partial charge in [0.2, 0.25) is 0 Å². The monoisotopic (exact) mass is 237 g/mol. The van der Waals surface area contributed by atoms with Crippen molar-refractivity contribution < 1.29 is 0 Å². The van der Waals surface area contributed by atoms with E-state index in [4.69, 9.17) is 10.7 Å². The Morgan fingerprint density at radius 3 is 3.00 bits per heavy atom. The van der Waals surface area contributed by atoms with Crippen LogP contribution in [0.5, 0.6) is 0 Å². The van der Waals surface area contributed by atoms with E-state index in [0.717, 1.165) is 40.5 Å². The van der Waals surface area contributed by atoms with Gasteiger partial charge in [0.15, 0.2) is 5.84 Å². The lowest BCUT2D eigenvalue weighted by Gasteiger charge is -2.28. The quantitative estimate of drug-likeness (QED) is 0.720. The largest absolute Gasteiger partial charge is 0.398 e. The van der Waals surface area contributed by atoms with Crippen molar-refractivity contribution in [2.75, 3.05) is 0 Å². The molecule has 1 saturated carbocycles. The van der Waals surface area contributed by atoms with Gasteiger partial charge in [0.1, 0.15) is 0 Å². The first-order chi connectivity index (χ1) is 8.84. The van der Waals surface area contributed by atoms with E-state index in [-0.39, 0.29) is 6.04 Å². The van der Waals surface area contributed by atoms with Gasteiger partial charge in [0, 0.05) is 10.9 Å². The second-order valence-electron chi connectivity index (χ2n) is 5.16. The van der Waals surface area contributed by atoms with Gasteiger partial charge in [-0.3, -0.25) is 4.99 Å². The standard InChI is InChI=1S/C15H15N3/c16-14-10-6-2-4-8-12(10)18-15-13(14)9-5-1-3-7-11(9)17-15/h1,3,5,7,12H,2,4,6,8,16H2. The molecular weight excluding hydrogens is 222 g/mol. The fourth-order valence-electron chi connectivity index (χ4n) is 3.19. The van der Waals surface area contributed by atoms with E-state index in [1.807, 2.05) is 18.2 Å². The van der Waals surface area contributed by atoms with Crippen molar-refractivity contribution in [2.45, 2.75) is 31.7 Å². The first-order valence-electron chi connectivity index (χ1n) is 6.60. The molecule has 0 bridgehead atoms. The molecule has 3 aliphatic rings. The number of hydrogen-bond donors (Lipinski definition) is 1. The highest BCUT2D eigenvalue weighted by Crippen LogP contribution is 2.34. The van der Waals surface area contributed by atoms with Gasteiger partial charge in [-0.05, 0) is 30.9 Å². The lowest BCUT2D eigenvalue weighted by atomic mass is 9.85. The number of aliphatic imine (C=N–C) groups is 1. The molecule has 90 valence electrons. The molecule has 1 aromatic carbocycles. The van der Waals surface area contributed by atoms with Gasteiger partial charge in [0.25, 0.3) is 0 Å². The molecule has 1 atom stereocenters. The molecule has 0 aromatic heterocycles. The van der Waals surface area contributed by atoms with Crippen LogP contribution in [0.4, 0.5) is 0 Å². The molecule has 18 heavy (non-hydrogen) atoms. The van der Waals surface area contributed by atoms with E-state index in [1.54, 1.807) is 0 Å². The molecular formula is C15H15N3. The fraction of sp³-hybridized carbons (Fsp3) is 0.333. The summed E-state index contributed by atoms with van der Waals surface area (Å²) in [6.45, 7) is 0. The molecule has 0 amide bonds. The SMILES string of the molecule is NC1=C2CCCCC2N=C2N=c3ccccc3=C21. The molecule has 0 saturated heterocycles. The third-order valence-electron chi connectivity index (χ3n) is 4.09. The van der Waals surface area contributed by atoms with Crippen LogP contribution in [0.25, 0.3) is 5.57 Å². The Morgan fingerprint density at radius 1 is 1.17 bits per heavy atom. The van der Waals surface area contributed by atoms with Crippen LogP contribution in [0.1, 0.15) is 25.7 Å². The zero-order chi connectivity index (χ0) is 12.1. The molecule has 4 rings (SSSR count). The summed E-state index contributed by atoms with van der Waals surface area (Å²) >= 11 is 0. The van der Waals surface area contributed by atoms with Gasteiger partial charge in [-0.15, -0.1) is 0 Å². The molecule has 0 radical (unpaired) electrons. The summed E-state index contributed by atoms with van der Waals surface area (Å²) in [4.78, 5) is 9.42. The number of benzene rings is 1. The number of amidine groups is 1.